The van der Waals surface area contributed by atoms with Crippen molar-refractivity contribution in [3.8, 4) is 0 Å². The normalized spacial score (nSPS) is 10.3. The van der Waals surface area contributed by atoms with Gasteiger partial charge in [-0.1, -0.05) is 19.1 Å². The van der Waals surface area contributed by atoms with E-state index >= 15 is 0 Å². The second-order valence-corrected chi connectivity index (χ2v) is 5.43. The van der Waals surface area contributed by atoms with E-state index in [0.29, 0.717) is 5.56 Å². The van der Waals surface area contributed by atoms with Crippen molar-refractivity contribution in [1.29, 1.82) is 0 Å². The number of primary amides is 1. The largest absolute Gasteiger partial charge is 0.461 e. The van der Waals surface area contributed by atoms with Crippen LogP contribution in [0.5, 0.6) is 0 Å². The van der Waals surface area contributed by atoms with Crippen LogP contribution in [0.15, 0.2) is 29.6 Å². The van der Waals surface area contributed by atoms with Gasteiger partial charge >= 0.3 is 5.97 Å². The fraction of sp³-hybridized carbons (Fsp3) is 0.267. The number of rotatable bonds is 6. The van der Waals surface area contributed by atoms with Crippen LogP contribution in [0.25, 0.3) is 0 Å². The molecule has 0 aliphatic rings. The lowest BCUT2D eigenvalue weighted by molar-refractivity contribution is -0.144. The molecule has 0 aliphatic carbocycles. The van der Waals surface area contributed by atoms with Gasteiger partial charge < -0.3 is 10.5 Å². The van der Waals surface area contributed by atoms with Crippen LogP contribution in [0.2, 0.25) is 0 Å². The number of nitrogens with two attached hydrogens (primary N) is 1. The molecule has 1 heterocycles. The fourth-order valence-corrected chi connectivity index (χ4v) is 2.51. The maximum absolute atomic E-state index is 11.8. The number of nitrogens with zero attached hydrogens (tertiary/aromatic N) is 1. The van der Waals surface area contributed by atoms with Gasteiger partial charge in [0, 0.05) is 10.9 Å². The number of hydrogen-bond acceptors (Lipinski definition) is 5. The summed E-state index contributed by atoms with van der Waals surface area (Å²) in [4.78, 5) is 27.1. The van der Waals surface area contributed by atoms with E-state index in [1.54, 1.807) is 35.6 Å². The lowest BCUT2D eigenvalue weighted by atomic mass is 10.1. The number of esters is 1. The lowest BCUT2D eigenvalue weighted by Gasteiger charge is -2.05. The Balaban J connectivity index is 1.89. The molecule has 0 spiro atoms. The molecular weight excluding hydrogens is 288 g/mol. The van der Waals surface area contributed by atoms with Gasteiger partial charge in [-0.25, -0.2) is 4.98 Å². The zero-order valence-electron chi connectivity index (χ0n) is 11.7. The molecule has 21 heavy (non-hydrogen) atoms. The van der Waals surface area contributed by atoms with Crippen LogP contribution in [-0.2, 0) is 29.0 Å². The third-order valence-corrected chi connectivity index (χ3v) is 3.88. The third-order valence-electron chi connectivity index (χ3n) is 2.84. The average Bonchev–Trinajstić information content (AvgIpc) is 2.93. The number of ether oxygens (including phenoxy) is 1. The topological polar surface area (TPSA) is 82.3 Å². The number of hydrogen-bond donors (Lipinski definition) is 1. The summed E-state index contributed by atoms with van der Waals surface area (Å²) in [5.74, 6) is -0.842. The molecule has 0 aliphatic heterocycles. The molecule has 2 N–H and O–H groups in total. The molecular formula is C15H16N2O3S. The number of aromatic nitrogens is 1. The van der Waals surface area contributed by atoms with Crippen LogP contribution < -0.4 is 5.73 Å². The third kappa shape index (κ3) is 4.39. The highest BCUT2D eigenvalue weighted by atomic mass is 32.1. The number of amides is 1. The quantitative estimate of drug-likeness (QED) is 0.828. The second-order valence-electron chi connectivity index (χ2n) is 4.49. The first-order valence-corrected chi connectivity index (χ1v) is 7.44. The Morgan fingerprint density at radius 3 is 2.86 bits per heavy atom. The van der Waals surface area contributed by atoms with E-state index < -0.39 is 5.91 Å². The van der Waals surface area contributed by atoms with Crippen molar-refractivity contribution in [3.63, 3.8) is 0 Å². The van der Waals surface area contributed by atoms with E-state index in [2.05, 4.69) is 4.98 Å². The number of aryl methyl sites for hydroxylation is 1. The Hall–Kier alpha value is -2.21. The maximum Gasteiger partial charge on any atom is 0.312 e. The smallest absolute Gasteiger partial charge is 0.312 e. The summed E-state index contributed by atoms with van der Waals surface area (Å²) in [6, 6.07) is 6.72. The van der Waals surface area contributed by atoms with Gasteiger partial charge in [0.2, 0.25) is 5.91 Å². The maximum atomic E-state index is 11.8. The molecule has 6 heteroatoms. The number of carbonyl (C=O) groups excluding carboxylic acids is 2. The van der Waals surface area contributed by atoms with Crippen molar-refractivity contribution >= 4 is 23.2 Å². The summed E-state index contributed by atoms with van der Waals surface area (Å²) in [7, 11) is 0. The van der Waals surface area contributed by atoms with E-state index in [1.807, 2.05) is 12.3 Å². The molecule has 110 valence electrons. The molecule has 1 amide bonds. The minimum Gasteiger partial charge on any atom is -0.461 e. The van der Waals surface area contributed by atoms with Crippen molar-refractivity contribution in [2.45, 2.75) is 26.4 Å². The van der Waals surface area contributed by atoms with Gasteiger partial charge in [0.05, 0.1) is 17.1 Å². The van der Waals surface area contributed by atoms with E-state index in [9.17, 15) is 9.59 Å². The Labute approximate surface area is 126 Å². The molecule has 0 fully saturated rings. The Bertz CT molecular complexity index is 652. The minimum absolute atomic E-state index is 0.116. The zero-order valence-corrected chi connectivity index (χ0v) is 12.5. The first-order chi connectivity index (χ1) is 10.1. The van der Waals surface area contributed by atoms with E-state index in [-0.39, 0.29) is 19.0 Å². The van der Waals surface area contributed by atoms with Crippen LogP contribution in [0, 0.1) is 0 Å². The molecule has 0 atom stereocenters. The first-order valence-electron chi connectivity index (χ1n) is 6.56. The predicted octanol–water partition coefficient (Wildman–Crippen LogP) is 2.09. The molecule has 0 bridgehead atoms. The fourth-order valence-electron chi connectivity index (χ4n) is 1.77. The van der Waals surface area contributed by atoms with Gasteiger partial charge in [-0.3, -0.25) is 9.59 Å². The average molecular weight is 304 g/mol. The summed E-state index contributed by atoms with van der Waals surface area (Å²) >= 11 is 1.54. The van der Waals surface area contributed by atoms with Crippen molar-refractivity contribution in [3.05, 3.63) is 51.5 Å². The molecule has 0 saturated heterocycles. The van der Waals surface area contributed by atoms with Gasteiger partial charge in [-0.2, -0.15) is 0 Å². The Morgan fingerprint density at radius 1 is 1.38 bits per heavy atom. The van der Waals surface area contributed by atoms with Crippen molar-refractivity contribution in [2.24, 2.45) is 5.73 Å². The highest BCUT2D eigenvalue weighted by Gasteiger charge is 2.09. The van der Waals surface area contributed by atoms with Crippen LogP contribution in [0.3, 0.4) is 0 Å². The molecule has 2 rings (SSSR count). The molecule has 5 nitrogen and oxygen atoms in total. The monoisotopic (exact) mass is 304 g/mol. The minimum atomic E-state index is -0.502. The van der Waals surface area contributed by atoms with E-state index in [1.165, 1.54) is 0 Å². The summed E-state index contributed by atoms with van der Waals surface area (Å²) in [5.41, 5.74) is 7.06. The Morgan fingerprint density at radius 2 is 2.19 bits per heavy atom. The SMILES string of the molecule is CCc1nc(CC(=O)OCc2cccc(C(N)=O)c2)cs1. The van der Waals surface area contributed by atoms with Crippen molar-refractivity contribution < 1.29 is 14.3 Å². The first kappa shape index (κ1) is 15.2. The molecule has 0 radical (unpaired) electrons. The molecule has 0 saturated carbocycles. The van der Waals surface area contributed by atoms with E-state index in [4.69, 9.17) is 10.5 Å². The van der Waals surface area contributed by atoms with Crippen LogP contribution in [0.1, 0.15) is 33.5 Å². The van der Waals surface area contributed by atoms with Crippen molar-refractivity contribution in [1.82, 2.24) is 4.98 Å². The highest BCUT2D eigenvalue weighted by Crippen LogP contribution is 2.12. The molecule has 0 unspecified atom stereocenters. The molecule has 1 aromatic heterocycles. The summed E-state index contributed by atoms with van der Waals surface area (Å²) in [6.45, 7) is 2.14. The van der Waals surface area contributed by atoms with E-state index in [0.717, 1.165) is 22.7 Å². The molecule has 2 aromatic rings. The highest BCUT2D eigenvalue weighted by molar-refractivity contribution is 7.09. The predicted molar refractivity (Wildman–Crippen MR) is 80.0 cm³/mol. The van der Waals surface area contributed by atoms with Gasteiger partial charge in [0.25, 0.3) is 0 Å². The summed E-state index contributed by atoms with van der Waals surface area (Å²) in [5, 5.41) is 2.88. The van der Waals surface area contributed by atoms with Gasteiger partial charge in [-0.15, -0.1) is 11.3 Å². The van der Waals surface area contributed by atoms with Gasteiger partial charge in [0.1, 0.15) is 6.61 Å². The van der Waals surface area contributed by atoms with Crippen molar-refractivity contribution in [2.75, 3.05) is 0 Å². The number of benzene rings is 1. The Kier molecular flexibility index (Phi) is 5.05. The second kappa shape index (κ2) is 6.99. The molecule has 1 aromatic carbocycles. The van der Waals surface area contributed by atoms with Gasteiger partial charge in [0.15, 0.2) is 0 Å². The summed E-state index contributed by atoms with van der Waals surface area (Å²) < 4.78 is 5.18. The van der Waals surface area contributed by atoms with Crippen LogP contribution in [0.4, 0.5) is 0 Å². The zero-order chi connectivity index (χ0) is 15.2. The van der Waals surface area contributed by atoms with Crippen LogP contribution in [-0.4, -0.2) is 16.9 Å². The standard InChI is InChI=1S/C15H16N2O3S/c1-2-13-17-12(9-21-13)7-14(18)20-8-10-4-3-5-11(6-10)15(16)19/h3-6,9H,2,7-8H2,1H3,(H2,16,19). The van der Waals surface area contributed by atoms with Crippen LogP contribution >= 0.6 is 11.3 Å². The van der Waals surface area contributed by atoms with Gasteiger partial charge in [-0.05, 0) is 24.1 Å². The summed E-state index contributed by atoms with van der Waals surface area (Å²) in [6.07, 6.45) is 1.02. The number of carbonyl (C=O) groups is 2. The number of thiazole rings is 1. The lowest BCUT2D eigenvalue weighted by Crippen LogP contribution is -2.12.